The maximum Gasteiger partial charge on any atom is 0.274 e. The average molecular weight is 542 g/mol. The van der Waals surface area contributed by atoms with E-state index >= 15 is 0 Å². The molecule has 150 valence electrons. The molecule has 0 aliphatic rings. The largest absolute Gasteiger partial charge is 0.350 e. The average Bonchev–Trinajstić information content (AvgIpc) is 3.04. The highest BCUT2D eigenvalue weighted by molar-refractivity contribution is 9.10. The molecule has 0 aliphatic carbocycles. The molecule has 0 bridgehead atoms. The zero-order valence-electron chi connectivity index (χ0n) is 15.4. The molecule has 7 nitrogen and oxygen atoms in total. The van der Waals surface area contributed by atoms with Gasteiger partial charge in [-0.3, -0.25) is 9.59 Å². The Hall–Kier alpha value is -2.23. The van der Waals surface area contributed by atoms with Crippen LogP contribution in [-0.4, -0.2) is 32.6 Å². The number of rotatable bonds is 5. The monoisotopic (exact) mass is 539 g/mol. The lowest BCUT2D eigenvalue weighted by atomic mass is 10.1. The van der Waals surface area contributed by atoms with Gasteiger partial charge in [0.15, 0.2) is 5.82 Å². The first-order valence-electron chi connectivity index (χ1n) is 8.54. The number of aromatic nitrogens is 3. The quantitative estimate of drug-likeness (QED) is 0.484. The SMILES string of the molecule is CC(C)NC(=O)c1cc(Br)ccc1NC(=O)c1cc(Br)nn1-c1ncccc1Cl. The van der Waals surface area contributed by atoms with Crippen molar-refractivity contribution in [3.05, 3.63) is 68.0 Å². The highest BCUT2D eigenvalue weighted by atomic mass is 79.9. The summed E-state index contributed by atoms with van der Waals surface area (Å²) in [5.74, 6) is -0.441. The smallest absolute Gasteiger partial charge is 0.274 e. The van der Waals surface area contributed by atoms with E-state index in [1.807, 2.05) is 13.8 Å². The highest BCUT2D eigenvalue weighted by Gasteiger charge is 2.21. The van der Waals surface area contributed by atoms with Crippen molar-refractivity contribution in [2.24, 2.45) is 0 Å². The fourth-order valence-corrected chi connectivity index (χ4v) is 3.49. The van der Waals surface area contributed by atoms with Crippen LogP contribution in [0.2, 0.25) is 5.02 Å². The molecule has 3 rings (SSSR count). The molecular weight excluding hydrogens is 526 g/mol. The summed E-state index contributed by atoms with van der Waals surface area (Å²) in [5.41, 5.74) is 0.908. The lowest BCUT2D eigenvalue weighted by Gasteiger charge is -2.14. The molecule has 2 amide bonds. The highest BCUT2D eigenvalue weighted by Crippen LogP contribution is 2.24. The minimum absolute atomic E-state index is 0.0475. The van der Waals surface area contributed by atoms with Crippen LogP contribution < -0.4 is 10.6 Å². The number of pyridine rings is 1. The molecule has 2 aromatic heterocycles. The summed E-state index contributed by atoms with van der Waals surface area (Å²) < 4.78 is 2.50. The zero-order chi connectivity index (χ0) is 21.1. The molecule has 0 atom stereocenters. The number of hydrogen-bond donors (Lipinski definition) is 2. The molecule has 3 aromatic rings. The Morgan fingerprint density at radius 2 is 1.90 bits per heavy atom. The molecule has 0 aliphatic heterocycles. The third-order valence-corrected chi connectivity index (χ3v) is 4.92. The fourth-order valence-electron chi connectivity index (χ4n) is 2.55. The molecule has 10 heteroatoms. The van der Waals surface area contributed by atoms with Crippen molar-refractivity contribution in [2.75, 3.05) is 5.32 Å². The van der Waals surface area contributed by atoms with Gasteiger partial charge in [0.05, 0.1) is 16.3 Å². The number of halogens is 3. The van der Waals surface area contributed by atoms with E-state index in [0.717, 1.165) is 4.47 Å². The van der Waals surface area contributed by atoms with Gasteiger partial charge in [0.1, 0.15) is 10.3 Å². The lowest BCUT2D eigenvalue weighted by molar-refractivity contribution is 0.0944. The topological polar surface area (TPSA) is 88.9 Å². The van der Waals surface area contributed by atoms with E-state index in [0.29, 0.717) is 26.7 Å². The molecule has 29 heavy (non-hydrogen) atoms. The van der Waals surface area contributed by atoms with Gasteiger partial charge < -0.3 is 10.6 Å². The van der Waals surface area contributed by atoms with Crippen LogP contribution in [0.1, 0.15) is 34.7 Å². The minimum Gasteiger partial charge on any atom is -0.350 e. The summed E-state index contributed by atoms with van der Waals surface area (Å²) in [6.45, 7) is 3.72. The molecule has 2 heterocycles. The number of amides is 2. The minimum atomic E-state index is -0.467. The van der Waals surface area contributed by atoms with Crippen LogP contribution in [0.5, 0.6) is 0 Å². The van der Waals surface area contributed by atoms with E-state index in [1.54, 1.807) is 42.6 Å². The summed E-state index contributed by atoms with van der Waals surface area (Å²) in [6.07, 6.45) is 1.56. The molecule has 0 saturated heterocycles. The number of benzene rings is 1. The Kier molecular flexibility index (Phi) is 6.71. The van der Waals surface area contributed by atoms with Crippen molar-refractivity contribution in [1.29, 1.82) is 0 Å². The molecule has 1 aromatic carbocycles. The second-order valence-corrected chi connectivity index (χ2v) is 8.48. The number of nitrogens with zero attached hydrogens (tertiary/aromatic N) is 3. The molecule has 2 N–H and O–H groups in total. The number of carbonyl (C=O) groups excluding carboxylic acids is 2. The van der Waals surface area contributed by atoms with E-state index in [1.165, 1.54) is 4.68 Å². The number of nitrogens with one attached hydrogen (secondary N) is 2. The van der Waals surface area contributed by atoms with E-state index in [4.69, 9.17) is 11.6 Å². The first-order chi connectivity index (χ1) is 13.8. The molecular formula is C19H16Br2ClN5O2. The van der Waals surface area contributed by atoms with Gasteiger partial charge >= 0.3 is 0 Å². The van der Waals surface area contributed by atoms with Crippen molar-refractivity contribution in [3.8, 4) is 5.82 Å². The standard InChI is InChI=1S/C19H16Br2ClN5O2/c1-10(2)24-18(28)12-8-11(20)5-6-14(12)25-19(29)15-9-16(21)26-27(15)17-13(22)4-3-7-23-17/h3-10H,1-2H3,(H,24,28)(H,25,29). The summed E-state index contributed by atoms with van der Waals surface area (Å²) in [4.78, 5) is 29.8. The van der Waals surface area contributed by atoms with Gasteiger partial charge in [0.2, 0.25) is 0 Å². The van der Waals surface area contributed by atoms with Crippen LogP contribution >= 0.6 is 43.5 Å². The summed E-state index contributed by atoms with van der Waals surface area (Å²) >= 11 is 12.8. The van der Waals surface area contributed by atoms with E-state index in [9.17, 15) is 9.59 Å². The van der Waals surface area contributed by atoms with E-state index < -0.39 is 5.91 Å². The van der Waals surface area contributed by atoms with Gasteiger partial charge in [-0.25, -0.2) is 9.67 Å². The number of hydrogen-bond acceptors (Lipinski definition) is 4. The van der Waals surface area contributed by atoms with Crippen LogP contribution in [0, 0.1) is 0 Å². The van der Waals surface area contributed by atoms with Crippen LogP contribution in [0.25, 0.3) is 5.82 Å². The molecule has 0 unspecified atom stereocenters. The Morgan fingerprint density at radius 1 is 1.14 bits per heavy atom. The summed E-state index contributed by atoms with van der Waals surface area (Å²) in [6, 6.07) is 9.89. The van der Waals surface area contributed by atoms with Gasteiger partial charge in [-0.15, -0.1) is 0 Å². The molecule has 0 fully saturated rings. The van der Waals surface area contributed by atoms with Crippen LogP contribution in [-0.2, 0) is 0 Å². The van der Waals surface area contributed by atoms with Crippen molar-refractivity contribution in [2.45, 2.75) is 19.9 Å². The summed E-state index contributed by atoms with van der Waals surface area (Å²) in [5, 5.41) is 10.2. The number of anilines is 1. The second-order valence-electron chi connectivity index (χ2n) is 6.35. The fraction of sp³-hybridized carbons (Fsp3) is 0.158. The van der Waals surface area contributed by atoms with Crippen LogP contribution in [0.4, 0.5) is 5.69 Å². The van der Waals surface area contributed by atoms with Crippen molar-refractivity contribution < 1.29 is 9.59 Å². The molecule has 0 saturated carbocycles. The molecule has 0 spiro atoms. The van der Waals surface area contributed by atoms with Crippen molar-refractivity contribution in [1.82, 2.24) is 20.1 Å². The van der Waals surface area contributed by atoms with Gasteiger partial charge in [-0.2, -0.15) is 5.10 Å². The Labute approximate surface area is 189 Å². The lowest BCUT2D eigenvalue weighted by Crippen LogP contribution is -2.31. The molecule has 0 radical (unpaired) electrons. The predicted molar refractivity (Wildman–Crippen MR) is 119 cm³/mol. The maximum atomic E-state index is 13.0. The Morgan fingerprint density at radius 3 is 2.59 bits per heavy atom. The van der Waals surface area contributed by atoms with Crippen LogP contribution in [0.15, 0.2) is 51.7 Å². The normalized spacial score (nSPS) is 10.8. The zero-order valence-corrected chi connectivity index (χ0v) is 19.3. The van der Waals surface area contributed by atoms with Gasteiger partial charge in [0, 0.05) is 22.8 Å². The van der Waals surface area contributed by atoms with Gasteiger partial charge in [-0.1, -0.05) is 27.5 Å². The Bertz CT molecular complexity index is 1080. The Balaban J connectivity index is 1.97. The van der Waals surface area contributed by atoms with Gasteiger partial charge in [-0.05, 0) is 60.1 Å². The van der Waals surface area contributed by atoms with E-state index in [2.05, 4.69) is 52.6 Å². The van der Waals surface area contributed by atoms with Crippen molar-refractivity contribution >= 4 is 61.0 Å². The van der Waals surface area contributed by atoms with Crippen LogP contribution in [0.3, 0.4) is 0 Å². The maximum absolute atomic E-state index is 13.0. The first-order valence-corrected chi connectivity index (χ1v) is 10.5. The van der Waals surface area contributed by atoms with Crippen molar-refractivity contribution in [3.63, 3.8) is 0 Å². The summed E-state index contributed by atoms with van der Waals surface area (Å²) in [7, 11) is 0. The van der Waals surface area contributed by atoms with Gasteiger partial charge in [0.25, 0.3) is 11.8 Å². The number of carbonyl (C=O) groups is 2. The third-order valence-electron chi connectivity index (χ3n) is 3.75. The predicted octanol–water partition coefficient (Wildman–Crippen LogP) is 4.84. The second kappa shape index (κ2) is 9.06. The third kappa shape index (κ3) is 5.04. The first kappa shape index (κ1) is 21.5. The van der Waals surface area contributed by atoms with E-state index in [-0.39, 0.29) is 17.6 Å².